The number of amides is 1. The summed E-state index contributed by atoms with van der Waals surface area (Å²) in [6.07, 6.45) is 3.01. The smallest absolute Gasteiger partial charge is 0.267 e. The van der Waals surface area contributed by atoms with Gasteiger partial charge in [0, 0.05) is 15.0 Å². The van der Waals surface area contributed by atoms with E-state index in [9.17, 15) is 9.59 Å². The molecule has 5 rings (SSSR count). The summed E-state index contributed by atoms with van der Waals surface area (Å²) in [6.45, 7) is 4.28. The lowest BCUT2D eigenvalue weighted by atomic mass is 9.89. The number of aromatic nitrogens is 2. The molecule has 0 saturated carbocycles. The normalized spacial score (nSPS) is 15.3. The topological polar surface area (TPSA) is 64.0 Å². The lowest BCUT2D eigenvalue weighted by Crippen LogP contribution is -2.23. The molecule has 34 heavy (non-hydrogen) atoms. The number of carbonyl (C=O) groups is 1. The summed E-state index contributed by atoms with van der Waals surface area (Å²) < 4.78 is 2.57. The number of nitrogens with one attached hydrogen (secondary N) is 1. The van der Waals surface area contributed by atoms with Crippen molar-refractivity contribution >= 4 is 60.8 Å². The van der Waals surface area contributed by atoms with Crippen LogP contribution in [0.2, 0.25) is 0 Å². The highest BCUT2D eigenvalue weighted by Gasteiger charge is 2.25. The van der Waals surface area contributed by atoms with Gasteiger partial charge in [-0.15, -0.1) is 11.3 Å². The van der Waals surface area contributed by atoms with Gasteiger partial charge in [-0.2, -0.15) is 0 Å². The van der Waals surface area contributed by atoms with E-state index in [1.807, 2.05) is 55.5 Å². The molecule has 1 aliphatic carbocycles. The third kappa shape index (κ3) is 4.72. The first-order valence-electron chi connectivity index (χ1n) is 11.2. The lowest BCUT2D eigenvalue weighted by molar-refractivity contribution is -0.113. The van der Waals surface area contributed by atoms with Crippen LogP contribution in [-0.4, -0.2) is 21.2 Å². The van der Waals surface area contributed by atoms with Crippen molar-refractivity contribution in [3.8, 4) is 5.69 Å². The second-order valence-corrected chi connectivity index (χ2v) is 11.7. The Bertz CT molecular complexity index is 1440. The van der Waals surface area contributed by atoms with Crippen LogP contribution in [0.25, 0.3) is 15.9 Å². The summed E-state index contributed by atoms with van der Waals surface area (Å²) >= 11 is 6.34. The molecule has 2 heterocycles. The molecule has 8 heteroatoms. The Kier molecular flexibility index (Phi) is 6.64. The zero-order chi connectivity index (χ0) is 23.8. The molecule has 1 N–H and O–H groups in total. The van der Waals surface area contributed by atoms with Gasteiger partial charge in [0.15, 0.2) is 5.16 Å². The van der Waals surface area contributed by atoms with E-state index in [4.69, 9.17) is 4.98 Å². The molecule has 0 aliphatic heterocycles. The minimum Gasteiger partial charge on any atom is -0.325 e. The summed E-state index contributed by atoms with van der Waals surface area (Å²) in [6, 6.07) is 15.3. The molecule has 2 aromatic heterocycles. The number of benzene rings is 2. The van der Waals surface area contributed by atoms with Gasteiger partial charge in [-0.3, -0.25) is 14.2 Å². The summed E-state index contributed by atoms with van der Waals surface area (Å²) in [5, 5.41) is 4.20. The van der Waals surface area contributed by atoms with E-state index in [1.165, 1.54) is 22.2 Å². The van der Waals surface area contributed by atoms with Crippen LogP contribution >= 0.6 is 39.0 Å². The highest BCUT2D eigenvalue weighted by molar-refractivity contribution is 9.10. The van der Waals surface area contributed by atoms with Crippen molar-refractivity contribution in [1.82, 2.24) is 9.55 Å². The molecule has 4 aromatic rings. The van der Waals surface area contributed by atoms with Gasteiger partial charge < -0.3 is 5.32 Å². The number of nitrogens with zero attached hydrogens (tertiary/aromatic N) is 2. The van der Waals surface area contributed by atoms with E-state index in [2.05, 4.69) is 28.2 Å². The average Bonchev–Trinajstić information content (AvgIpc) is 3.16. The number of hydrogen-bond acceptors (Lipinski definition) is 5. The van der Waals surface area contributed by atoms with Gasteiger partial charge in [0.05, 0.1) is 16.8 Å². The van der Waals surface area contributed by atoms with Crippen molar-refractivity contribution in [3.05, 3.63) is 79.4 Å². The zero-order valence-corrected chi connectivity index (χ0v) is 22.1. The Balaban J connectivity index is 1.53. The quantitative estimate of drug-likeness (QED) is 0.230. The SMILES string of the molecule is Cc1ccc(-n2c(SCC(=O)Nc3cccc(Br)c3)nc3sc4c(c3c2=O)CCC(C)C4)cc1. The Morgan fingerprint density at radius 2 is 2.06 bits per heavy atom. The van der Waals surface area contributed by atoms with Crippen LogP contribution in [-0.2, 0) is 17.6 Å². The molecular weight excluding hydrogens is 530 g/mol. The van der Waals surface area contributed by atoms with Crippen LogP contribution in [0.1, 0.15) is 29.3 Å². The number of halogens is 1. The fourth-order valence-corrected chi connectivity index (χ4v) is 6.92. The third-order valence-corrected chi connectivity index (χ3v) is 8.61. The van der Waals surface area contributed by atoms with Crippen LogP contribution < -0.4 is 10.9 Å². The van der Waals surface area contributed by atoms with E-state index in [-0.39, 0.29) is 17.2 Å². The maximum atomic E-state index is 13.8. The van der Waals surface area contributed by atoms with Crippen LogP contribution in [0.4, 0.5) is 5.69 Å². The Labute approximate surface area is 214 Å². The third-order valence-electron chi connectivity index (χ3n) is 6.03. The van der Waals surface area contributed by atoms with Crippen LogP contribution in [0, 0.1) is 12.8 Å². The predicted octanol–water partition coefficient (Wildman–Crippen LogP) is 6.37. The van der Waals surface area contributed by atoms with Gasteiger partial charge in [-0.1, -0.05) is 58.4 Å². The minimum absolute atomic E-state index is 0.0456. The lowest BCUT2D eigenvalue weighted by Gasteiger charge is -2.18. The molecule has 0 spiro atoms. The molecule has 0 saturated heterocycles. The summed E-state index contributed by atoms with van der Waals surface area (Å²) in [4.78, 5) is 33.5. The molecule has 0 bridgehead atoms. The Hall–Kier alpha value is -2.42. The number of thioether (sulfide) groups is 1. The highest BCUT2D eigenvalue weighted by atomic mass is 79.9. The largest absolute Gasteiger partial charge is 0.325 e. The fourth-order valence-electron chi connectivity index (χ4n) is 4.28. The number of thiophene rings is 1. The van der Waals surface area contributed by atoms with Crippen LogP contribution in [0.5, 0.6) is 0 Å². The van der Waals surface area contributed by atoms with Gasteiger partial charge in [0.25, 0.3) is 5.56 Å². The molecule has 1 aliphatic rings. The van der Waals surface area contributed by atoms with Crippen molar-refractivity contribution in [3.63, 3.8) is 0 Å². The molecule has 174 valence electrons. The van der Waals surface area contributed by atoms with E-state index < -0.39 is 0 Å². The first-order chi connectivity index (χ1) is 16.4. The Morgan fingerprint density at radius 1 is 1.26 bits per heavy atom. The van der Waals surface area contributed by atoms with Crippen molar-refractivity contribution in [2.24, 2.45) is 5.92 Å². The first kappa shape index (κ1) is 23.3. The number of carbonyl (C=O) groups excluding carboxylic acids is 1. The molecule has 0 fully saturated rings. The number of fused-ring (bicyclic) bond motifs is 3. The first-order valence-corrected chi connectivity index (χ1v) is 13.8. The maximum absolute atomic E-state index is 13.8. The van der Waals surface area contributed by atoms with Crippen LogP contribution in [0.3, 0.4) is 0 Å². The number of rotatable bonds is 5. The zero-order valence-electron chi connectivity index (χ0n) is 18.9. The van der Waals surface area contributed by atoms with Gasteiger partial charge in [-0.05, 0) is 68.0 Å². The summed E-state index contributed by atoms with van der Waals surface area (Å²) in [7, 11) is 0. The predicted molar refractivity (Wildman–Crippen MR) is 145 cm³/mol. The second kappa shape index (κ2) is 9.68. The monoisotopic (exact) mass is 553 g/mol. The Morgan fingerprint density at radius 3 is 2.82 bits per heavy atom. The molecule has 1 atom stereocenters. The molecule has 0 radical (unpaired) electrons. The van der Waals surface area contributed by atoms with Gasteiger partial charge in [0.2, 0.25) is 5.91 Å². The number of hydrogen-bond donors (Lipinski definition) is 1. The van der Waals surface area contributed by atoms with E-state index in [0.717, 1.165) is 50.9 Å². The van der Waals surface area contributed by atoms with Gasteiger partial charge in [-0.25, -0.2) is 4.98 Å². The standard InChI is InChI=1S/C26H24BrN3O2S2/c1-15-6-9-19(10-7-15)30-25(32)23-20-11-8-16(2)12-21(20)34-24(23)29-26(30)33-14-22(31)28-18-5-3-4-17(27)13-18/h3-7,9-10,13,16H,8,11-12,14H2,1-2H3,(H,28,31). The van der Waals surface area contributed by atoms with E-state index in [0.29, 0.717) is 11.1 Å². The van der Waals surface area contributed by atoms with Crippen molar-refractivity contribution < 1.29 is 4.79 Å². The molecular formula is C26H24BrN3O2S2. The minimum atomic E-state index is -0.146. The van der Waals surface area contributed by atoms with Crippen molar-refractivity contribution in [2.45, 2.75) is 38.3 Å². The molecule has 2 aromatic carbocycles. The van der Waals surface area contributed by atoms with Crippen LogP contribution in [0.15, 0.2) is 63.0 Å². The molecule has 1 unspecified atom stereocenters. The van der Waals surface area contributed by atoms with Gasteiger partial charge >= 0.3 is 0 Å². The molecule has 1 amide bonds. The van der Waals surface area contributed by atoms with E-state index in [1.54, 1.807) is 15.9 Å². The number of anilines is 1. The van der Waals surface area contributed by atoms with Crippen molar-refractivity contribution in [2.75, 3.05) is 11.1 Å². The fraction of sp³-hybridized carbons (Fsp3) is 0.269. The highest BCUT2D eigenvalue weighted by Crippen LogP contribution is 2.37. The summed E-state index contributed by atoms with van der Waals surface area (Å²) in [5.74, 6) is 0.626. The second-order valence-electron chi connectivity index (χ2n) is 8.75. The number of aryl methyl sites for hydroxylation is 2. The average molecular weight is 555 g/mol. The van der Waals surface area contributed by atoms with Gasteiger partial charge in [0.1, 0.15) is 4.83 Å². The summed E-state index contributed by atoms with van der Waals surface area (Å²) in [5.41, 5.74) is 3.73. The van der Waals surface area contributed by atoms with E-state index >= 15 is 0 Å². The van der Waals surface area contributed by atoms with Crippen molar-refractivity contribution in [1.29, 1.82) is 0 Å². The molecule has 5 nitrogen and oxygen atoms in total. The maximum Gasteiger partial charge on any atom is 0.267 e.